The first-order valence-electron chi connectivity index (χ1n) is 12.3. The lowest BCUT2D eigenvalue weighted by Crippen LogP contribution is -2.29. The molecule has 5 rings (SSSR count). The van der Waals surface area contributed by atoms with Gasteiger partial charge in [-0.3, -0.25) is 4.98 Å². The van der Waals surface area contributed by atoms with E-state index in [4.69, 9.17) is 21.9 Å². The highest BCUT2D eigenvalue weighted by Crippen LogP contribution is 2.42. The summed E-state index contributed by atoms with van der Waals surface area (Å²) in [6, 6.07) is 23.0. The molecule has 1 fully saturated rings. The minimum Gasteiger partial charge on any atom is -0.497 e. The molecule has 0 amide bonds. The minimum atomic E-state index is -0.0520. The van der Waals surface area contributed by atoms with Gasteiger partial charge in [0.1, 0.15) is 5.75 Å². The fourth-order valence-electron chi connectivity index (χ4n) is 5.43. The predicted molar refractivity (Wildman–Crippen MR) is 149 cm³/mol. The SMILES string of the molecule is COc1ccc(CN2C(=S)N[C@H](c3ccccn3)[C@@H]2c2cc(C)n(-c3c(C)cccc3C)c2C)cc1. The molecule has 1 aliphatic heterocycles. The molecule has 0 radical (unpaired) electrons. The molecule has 2 aromatic heterocycles. The number of hydrogen-bond donors (Lipinski definition) is 1. The fourth-order valence-corrected chi connectivity index (χ4v) is 5.74. The Labute approximate surface area is 218 Å². The lowest BCUT2D eigenvalue weighted by Gasteiger charge is -2.28. The highest BCUT2D eigenvalue weighted by atomic mass is 32.1. The van der Waals surface area contributed by atoms with Crippen LogP contribution >= 0.6 is 12.2 Å². The molecule has 1 N–H and O–H groups in total. The maximum absolute atomic E-state index is 5.92. The van der Waals surface area contributed by atoms with Crippen molar-refractivity contribution in [3.63, 3.8) is 0 Å². The molecular formula is C30H32N4OS. The van der Waals surface area contributed by atoms with Gasteiger partial charge in [0.15, 0.2) is 5.11 Å². The van der Waals surface area contributed by atoms with Crippen molar-refractivity contribution in [3.05, 3.63) is 112 Å². The van der Waals surface area contributed by atoms with E-state index >= 15 is 0 Å². The Bertz CT molecular complexity index is 1370. The summed E-state index contributed by atoms with van der Waals surface area (Å²) in [7, 11) is 1.69. The van der Waals surface area contributed by atoms with Gasteiger partial charge >= 0.3 is 0 Å². The first-order chi connectivity index (χ1) is 17.4. The summed E-state index contributed by atoms with van der Waals surface area (Å²) in [6.07, 6.45) is 1.85. The smallest absolute Gasteiger partial charge is 0.170 e. The van der Waals surface area contributed by atoms with Crippen molar-refractivity contribution >= 4 is 17.3 Å². The normalized spacial score (nSPS) is 17.4. The number of nitrogens with one attached hydrogen (secondary N) is 1. The molecular weight excluding hydrogens is 464 g/mol. The third-order valence-electron chi connectivity index (χ3n) is 7.16. The topological polar surface area (TPSA) is 42.3 Å². The predicted octanol–water partition coefficient (Wildman–Crippen LogP) is 6.29. The van der Waals surface area contributed by atoms with Gasteiger partial charge in [-0.25, -0.2) is 0 Å². The van der Waals surface area contributed by atoms with Gasteiger partial charge in [-0.15, -0.1) is 0 Å². The molecule has 0 saturated carbocycles. The molecule has 0 bridgehead atoms. The number of pyridine rings is 1. The largest absolute Gasteiger partial charge is 0.497 e. The maximum Gasteiger partial charge on any atom is 0.170 e. The summed E-state index contributed by atoms with van der Waals surface area (Å²) in [4.78, 5) is 7.01. The molecule has 4 aromatic rings. The first kappa shape index (κ1) is 24.1. The molecule has 2 aromatic carbocycles. The van der Waals surface area contributed by atoms with Crippen molar-refractivity contribution in [1.82, 2.24) is 19.8 Å². The molecule has 36 heavy (non-hydrogen) atoms. The van der Waals surface area contributed by atoms with Crippen LogP contribution in [0.1, 0.15) is 51.4 Å². The van der Waals surface area contributed by atoms with E-state index < -0.39 is 0 Å². The van der Waals surface area contributed by atoms with E-state index in [1.165, 1.54) is 39.3 Å². The summed E-state index contributed by atoms with van der Waals surface area (Å²) >= 11 is 5.92. The van der Waals surface area contributed by atoms with Gasteiger partial charge in [-0.1, -0.05) is 36.4 Å². The van der Waals surface area contributed by atoms with Gasteiger partial charge in [0.25, 0.3) is 0 Å². The molecule has 2 atom stereocenters. The Balaban J connectivity index is 1.62. The zero-order valence-electron chi connectivity index (χ0n) is 21.4. The number of rotatable bonds is 6. The van der Waals surface area contributed by atoms with Gasteiger partial charge in [0.2, 0.25) is 0 Å². The molecule has 0 spiro atoms. The van der Waals surface area contributed by atoms with Crippen LogP contribution in [0, 0.1) is 27.7 Å². The van der Waals surface area contributed by atoms with Crippen molar-refractivity contribution in [2.45, 2.75) is 46.3 Å². The Hall–Kier alpha value is -3.64. The quantitative estimate of drug-likeness (QED) is 0.318. The van der Waals surface area contributed by atoms with Crippen molar-refractivity contribution in [2.75, 3.05) is 7.11 Å². The summed E-state index contributed by atoms with van der Waals surface area (Å²) in [5.74, 6) is 0.848. The minimum absolute atomic E-state index is 0.00113. The van der Waals surface area contributed by atoms with Crippen LogP contribution in [-0.2, 0) is 6.54 Å². The van der Waals surface area contributed by atoms with Crippen LogP contribution in [0.2, 0.25) is 0 Å². The highest BCUT2D eigenvalue weighted by Gasteiger charge is 2.41. The Morgan fingerprint density at radius 1 is 0.944 bits per heavy atom. The van der Waals surface area contributed by atoms with Crippen LogP contribution < -0.4 is 10.1 Å². The van der Waals surface area contributed by atoms with E-state index in [0.29, 0.717) is 6.54 Å². The van der Waals surface area contributed by atoms with Gasteiger partial charge in [-0.05, 0) is 92.5 Å². The standard InChI is InChI=1S/C30H32N4OS/c1-19-9-8-10-20(2)28(19)34-21(3)17-25(22(34)4)29-27(26-11-6-7-16-31-26)32-30(36)33(29)18-23-12-14-24(35-5)15-13-23/h6-17,27,29H,18H2,1-5H3,(H,32,36)/t27-,29+/m1/s1. The molecule has 0 unspecified atom stereocenters. The summed E-state index contributed by atoms with van der Waals surface area (Å²) in [5.41, 5.74) is 9.63. The molecule has 5 nitrogen and oxygen atoms in total. The number of aromatic nitrogens is 2. The third kappa shape index (κ3) is 4.26. The Morgan fingerprint density at radius 2 is 1.67 bits per heavy atom. The molecule has 6 heteroatoms. The average Bonchev–Trinajstić information content (AvgIpc) is 3.35. The van der Waals surface area contributed by atoms with Crippen molar-refractivity contribution in [2.24, 2.45) is 0 Å². The van der Waals surface area contributed by atoms with Crippen LogP contribution in [0.25, 0.3) is 5.69 Å². The number of ether oxygens (including phenoxy) is 1. The van der Waals surface area contributed by atoms with Gasteiger partial charge in [-0.2, -0.15) is 0 Å². The second-order valence-electron chi connectivity index (χ2n) is 9.50. The maximum atomic E-state index is 5.92. The second kappa shape index (κ2) is 9.78. The monoisotopic (exact) mass is 496 g/mol. The van der Waals surface area contributed by atoms with E-state index in [-0.39, 0.29) is 12.1 Å². The first-order valence-corrected chi connectivity index (χ1v) is 12.7. The molecule has 0 aliphatic carbocycles. The van der Waals surface area contributed by atoms with Crippen LogP contribution in [-0.4, -0.2) is 26.7 Å². The summed E-state index contributed by atoms with van der Waals surface area (Å²) < 4.78 is 7.75. The van der Waals surface area contributed by atoms with E-state index in [1.54, 1.807) is 7.11 Å². The molecule has 184 valence electrons. The summed E-state index contributed by atoms with van der Waals surface area (Å²) in [6.45, 7) is 9.46. The van der Waals surface area contributed by atoms with Crippen LogP contribution in [0.15, 0.2) is 72.9 Å². The zero-order valence-corrected chi connectivity index (χ0v) is 22.3. The van der Waals surface area contributed by atoms with Crippen molar-refractivity contribution in [1.29, 1.82) is 0 Å². The number of benzene rings is 2. The highest BCUT2D eigenvalue weighted by molar-refractivity contribution is 7.80. The Morgan fingerprint density at radius 3 is 2.31 bits per heavy atom. The fraction of sp³-hybridized carbons (Fsp3) is 0.267. The number of aryl methyl sites for hydroxylation is 3. The van der Waals surface area contributed by atoms with E-state index in [1.807, 2.05) is 30.5 Å². The van der Waals surface area contributed by atoms with Crippen LogP contribution in [0.3, 0.4) is 0 Å². The van der Waals surface area contributed by atoms with E-state index in [0.717, 1.165) is 16.6 Å². The van der Waals surface area contributed by atoms with Gasteiger partial charge in [0, 0.05) is 24.1 Å². The van der Waals surface area contributed by atoms with E-state index in [9.17, 15) is 0 Å². The lowest BCUT2D eigenvalue weighted by molar-refractivity contribution is 0.310. The van der Waals surface area contributed by atoms with Crippen molar-refractivity contribution in [3.8, 4) is 11.4 Å². The van der Waals surface area contributed by atoms with Crippen LogP contribution in [0.5, 0.6) is 5.75 Å². The van der Waals surface area contributed by atoms with E-state index in [2.05, 4.69) is 84.9 Å². The van der Waals surface area contributed by atoms with Gasteiger partial charge < -0.3 is 19.5 Å². The second-order valence-corrected chi connectivity index (χ2v) is 9.89. The van der Waals surface area contributed by atoms with Crippen molar-refractivity contribution < 1.29 is 4.74 Å². The number of hydrogen-bond acceptors (Lipinski definition) is 3. The zero-order chi connectivity index (χ0) is 25.4. The number of thiocarbonyl (C=S) groups is 1. The molecule has 1 saturated heterocycles. The number of para-hydroxylation sites is 1. The van der Waals surface area contributed by atoms with Gasteiger partial charge in [0.05, 0.1) is 30.6 Å². The summed E-state index contributed by atoms with van der Waals surface area (Å²) in [5, 5.41) is 4.33. The van der Waals surface area contributed by atoms with Crippen LogP contribution in [0.4, 0.5) is 0 Å². The lowest BCUT2D eigenvalue weighted by atomic mass is 9.96. The average molecular weight is 497 g/mol. The molecule has 3 heterocycles. The molecule has 1 aliphatic rings. The Kier molecular flexibility index (Phi) is 6.54. The third-order valence-corrected chi connectivity index (χ3v) is 7.51. The number of methoxy groups -OCH3 is 1. The number of nitrogens with zero attached hydrogens (tertiary/aromatic N) is 3.